The van der Waals surface area contributed by atoms with Crippen LogP contribution in [0.1, 0.15) is 15.9 Å². The number of rotatable bonds is 6. The lowest BCUT2D eigenvalue weighted by Gasteiger charge is -2.14. The molecule has 4 aromatic rings. The molecule has 2 aromatic heterocycles. The minimum Gasteiger partial charge on any atom is -0.496 e. The Bertz CT molecular complexity index is 1250. The van der Waals surface area contributed by atoms with Crippen LogP contribution in [-0.2, 0) is 6.54 Å². The van der Waals surface area contributed by atoms with Crippen molar-refractivity contribution in [3.05, 3.63) is 77.9 Å². The van der Waals surface area contributed by atoms with Crippen molar-refractivity contribution in [1.82, 2.24) is 19.5 Å². The Labute approximate surface area is 179 Å². The number of amides is 1. The molecule has 0 saturated carbocycles. The number of carbonyl (C=O) groups is 1. The average Bonchev–Trinajstić information content (AvgIpc) is 3.27. The van der Waals surface area contributed by atoms with E-state index in [9.17, 15) is 9.18 Å². The first-order valence-electron chi connectivity index (χ1n) is 9.69. The smallest absolute Gasteiger partial charge is 0.253 e. The van der Waals surface area contributed by atoms with Crippen LogP contribution in [-0.4, -0.2) is 46.6 Å². The van der Waals surface area contributed by atoms with Crippen molar-refractivity contribution in [2.75, 3.05) is 26.5 Å². The fourth-order valence-electron chi connectivity index (χ4n) is 3.43. The number of anilines is 1. The number of ether oxygens (including phenoxy) is 1. The maximum absolute atomic E-state index is 14.9. The third kappa shape index (κ3) is 3.92. The SMILES string of the molecule is COc1ccccc1CNc1ccc(-c2ccc(C(=O)N(C)C)cc2F)c2nncn12. The third-order valence-corrected chi connectivity index (χ3v) is 5.02. The molecule has 0 aliphatic heterocycles. The Hall–Kier alpha value is -3.94. The number of halogens is 1. The molecule has 4 rings (SSSR count). The Morgan fingerprint density at radius 1 is 1.13 bits per heavy atom. The lowest BCUT2D eigenvalue weighted by atomic mass is 10.0. The quantitative estimate of drug-likeness (QED) is 0.514. The molecule has 0 bridgehead atoms. The van der Waals surface area contributed by atoms with Crippen molar-refractivity contribution in [2.24, 2.45) is 0 Å². The topological polar surface area (TPSA) is 71.8 Å². The maximum atomic E-state index is 14.9. The summed E-state index contributed by atoms with van der Waals surface area (Å²) in [4.78, 5) is 13.5. The second kappa shape index (κ2) is 8.43. The van der Waals surface area contributed by atoms with Gasteiger partial charge >= 0.3 is 0 Å². The molecule has 0 unspecified atom stereocenters. The summed E-state index contributed by atoms with van der Waals surface area (Å²) in [6.45, 7) is 0.534. The molecule has 7 nitrogen and oxygen atoms in total. The Morgan fingerprint density at radius 3 is 2.65 bits per heavy atom. The van der Waals surface area contributed by atoms with E-state index in [1.54, 1.807) is 50.1 Å². The van der Waals surface area contributed by atoms with Gasteiger partial charge in [0, 0.05) is 42.9 Å². The van der Waals surface area contributed by atoms with Crippen LogP contribution in [0.5, 0.6) is 5.75 Å². The highest BCUT2D eigenvalue weighted by Gasteiger charge is 2.16. The number of hydrogen-bond donors (Lipinski definition) is 1. The lowest BCUT2D eigenvalue weighted by Crippen LogP contribution is -2.21. The molecule has 0 aliphatic rings. The fraction of sp³-hybridized carbons (Fsp3) is 0.174. The first kappa shape index (κ1) is 20.3. The van der Waals surface area contributed by atoms with Gasteiger partial charge in [-0.25, -0.2) is 4.39 Å². The van der Waals surface area contributed by atoms with Crippen LogP contribution in [0.15, 0.2) is 60.9 Å². The van der Waals surface area contributed by atoms with Crippen LogP contribution in [0.4, 0.5) is 10.2 Å². The standard InChI is InChI=1S/C23H22FN5O2/c1-28(2)23(30)15-8-9-17(19(24)12-15)18-10-11-21(29-14-26-27-22(18)29)25-13-16-6-4-5-7-20(16)31-3/h4-12,14,25H,13H2,1-3H3. The van der Waals surface area contributed by atoms with Gasteiger partial charge in [0.15, 0.2) is 5.65 Å². The second-order valence-electron chi connectivity index (χ2n) is 7.22. The summed E-state index contributed by atoms with van der Waals surface area (Å²) in [5, 5.41) is 11.5. The number of para-hydroxylation sites is 1. The third-order valence-electron chi connectivity index (χ3n) is 5.02. The molecular formula is C23H22FN5O2. The Balaban J connectivity index is 1.66. The fourth-order valence-corrected chi connectivity index (χ4v) is 3.43. The lowest BCUT2D eigenvalue weighted by molar-refractivity contribution is 0.0827. The summed E-state index contributed by atoms with van der Waals surface area (Å²) >= 11 is 0. The van der Waals surface area contributed by atoms with Crippen molar-refractivity contribution >= 4 is 17.4 Å². The highest BCUT2D eigenvalue weighted by molar-refractivity contribution is 5.94. The van der Waals surface area contributed by atoms with Crippen LogP contribution in [0.25, 0.3) is 16.8 Å². The number of carbonyl (C=O) groups excluding carboxylic acids is 1. The van der Waals surface area contributed by atoms with Gasteiger partial charge in [-0.1, -0.05) is 24.3 Å². The summed E-state index contributed by atoms with van der Waals surface area (Å²) in [6.07, 6.45) is 1.57. The van der Waals surface area contributed by atoms with Crippen LogP contribution in [0, 0.1) is 5.82 Å². The van der Waals surface area contributed by atoms with Gasteiger partial charge in [-0.05, 0) is 30.3 Å². The van der Waals surface area contributed by atoms with E-state index in [-0.39, 0.29) is 5.91 Å². The average molecular weight is 419 g/mol. The van der Waals surface area contributed by atoms with Crippen LogP contribution < -0.4 is 10.1 Å². The first-order chi connectivity index (χ1) is 15.0. The van der Waals surface area contributed by atoms with Crippen LogP contribution in [0.2, 0.25) is 0 Å². The van der Waals surface area contributed by atoms with E-state index in [1.165, 1.54) is 11.0 Å². The molecule has 0 atom stereocenters. The number of fused-ring (bicyclic) bond motifs is 1. The molecule has 8 heteroatoms. The zero-order chi connectivity index (χ0) is 22.0. The van der Waals surface area contributed by atoms with Crippen molar-refractivity contribution in [3.8, 4) is 16.9 Å². The van der Waals surface area contributed by atoms with Crippen molar-refractivity contribution in [1.29, 1.82) is 0 Å². The number of benzene rings is 2. The molecular weight excluding hydrogens is 397 g/mol. The van der Waals surface area contributed by atoms with Gasteiger partial charge in [0.1, 0.15) is 23.7 Å². The zero-order valence-corrected chi connectivity index (χ0v) is 17.5. The van der Waals surface area contributed by atoms with Crippen molar-refractivity contribution < 1.29 is 13.9 Å². The number of nitrogens with one attached hydrogen (secondary N) is 1. The molecule has 1 N–H and O–H groups in total. The zero-order valence-electron chi connectivity index (χ0n) is 17.5. The minimum atomic E-state index is -0.493. The van der Waals surface area contributed by atoms with Gasteiger partial charge in [-0.3, -0.25) is 9.20 Å². The van der Waals surface area contributed by atoms with Crippen molar-refractivity contribution in [2.45, 2.75) is 6.54 Å². The van der Waals surface area contributed by atoms with Crippen LogP contribution in [0.3, 0.4) is 0 Å². The van der Waals surface area contributed by atoms with Crippen molar-refractivity contribution in [3.63, 3.8) is 0 Å². The van der Waals surface area contributed by atoms with Gasteiger partial charge < -0.3 is 15.0 Å². The molecule has 0 spiro atoms. The molecule has 0 aliphatic carbocycles. The first-order valence-corrected chi connectivity index (χ1v) is 9.69. The summed E-state index contributed by atoms with van der Waals surface area (Å²) in [5.74, 6) is 0.803. The largest absolute Gasteiger partial charge is 0.496 e. The molecule has 2 aromatic carbocycles. The minimum absolute atomic E-state index is 0.256. The van der Waals surface area contributed by atoms with Gasteiger partial charge in [0.05, 0.1) is 7.11 Å². The summed E-state index contributed by atoms with van der Waals surface area (Å²) in [6, 6.07) is 15.8. The van der Waals surface area contributed by atoms with Gasteiger partial charge in [0.25, 0.3) is 5.91 Å². The normalized spacial score (nSPS) is 10.8. The molecule has 31 heavy (non-hydrogen) atoms. The highest BCUT2D eigenvalue weighted by Crippen LogP contribution is 2.29. The molecule has 158 valence electrons. The van der Waals surface area contributed by atoms with Gasteiger partial charge in [-0.15, -0.1) is 10.2 Å². The predicted molar refractivity (Wildman–Crippen MR) is 117 cm³/mol. The second-order valence-corrected chi connectivity index (χ2v) is 7.22. The van der Waals surface area contributed by atoms with E-state index >= 15 is 0 Å². The van der Waals surface area contributed by atoms with E-state index in [1.807, 2.05) is 30.3 Å². The summed E-state index contributed by atoms with van der Waals surface area (Å²) in [5.41, 5.74) is 2.74. The monoisotopic (exact) mass is 419 g/mol. The number of pyridine rings is 1. The highest BCUT2D eigenvalue weighted by atomic mass is 19.1. The van der Waals surface area contributed by atoms with E-state index in [4.69, 9.17) is 4.74 Å². The molecule has 0 saturated heterocycles. The molecule has 1 amide bonds. The number of aromatic nitrogens is 3. The summed E-state index contributed by atoms with van der Waals surface area (Å²) in [7, 11) is 4.90. The molecule has 0 fully saturated rings. The van der Waals surface area contributed by atoms with E-state index in [0.717, 1.165) is 17.1 Å². The number of hydrogen-bond acceptors (Lipinski definition) is 5. The summed E-state index contributed by atoms with van der Waals surface area (Å²) < 4.78 is 22.1. The maximum Gasteiger partial charge on any atom is 0.253 e. The van der Waals surface area contributed by atoms with Gasteiger partial charge in [-0.2, -0.15) is 0 Å². The van der Waals surface area contributed by atoms with E-state index in [0.29, 0.717) is 28.9 Å². The number of methoxy groups -OCH3 is 1. The number of nitrogens with zero attached hydrogens (tertiary/aromatic N) is 4. The molecule has 2 heterocycles. The molecule has 0 radical (unpaired) electrons. The van der Waals surface area contributed by atoms with E-state index in [2.05, 4.69) is 15.5 Å². The van der Waals surface area contributed by atoms with E-state index < -0.39 is 5.82 Å². The van der Waals surface area contributed by atoms with Gasteiger partial charge in [0.2, 0.25) is 0 Å². The Morgan fingerprint density at radius 2 is 1.90 bits per heavy atom. The van der Waals surface area contributed by atoms with Crippen LogP contribution >= 0.6 is 0 Å². The predicted octanol–water partition coefficient (Wildman–Crippen LogP) is 3.86. The Kier molecular flexibility index (Phi) is 5.53.